The van der Waals surface area contributed by atoms with E-state index in [-0.39, 0.29) is 0 Å². The molecule has 4 aromatic rings. The van der Waals surface area contributed by atoms with Gasteiger partial charge in [-0.2, -0.15) is 10.4 Å². The molecule has 4 rings (SSSR count). The number of nitriles is 1. The average Bonchev–Trinajstić information content (AvgIpc) is 3.09. The molecule has 0 saturated carbocycles. The summed E-state index contributed by atoms with van der Waals surface area (Å²) in [6, 6.07) is 13.4. The number of hydrogen-bond acceptors (Lipinski definition) is 6. The third-order valence-electron chi connectivity index (χ3n) is 4.12. The molecule has 0 unspecified atom stereocenters. The molecule has 2 N–H and O–H groups in total. The normalized spacial score (nSPS) is 10.6. The second-order valence-electron chi connectivity index (χ2n) is 5.83. The SMILES string of the molecule is Cc1cc(C#N)ccc1-c1ccnc(NCc2n[nH]c3ncccc23)n1. The molecule has 26 heavy (non-hydrogen) atoms. The molecule has 0 saturated heterocycles. The van der Waals surface area contributed by atoms with E-state index < -0.39 is 0 Å². The Balaban J connectivity index is 1.57. The Kier molecular flexibility index (Phi) is 4.00. The number of nitrogens with zero attached hydrogens (tertiary/aromatic N) is 5. The van der Waals surface area contributed by atoms with Crippen molar-refractivity contribution in [1.82, 2.24) is 25.1 Å². The van der Waals surface area contributed by atoms with E-state index in [2.05, 4.69) is 36.5 Å². The van der Waals surface area contributed by atoms with Gasteiger partial charge in [0.1, 0.15) is 0 Å². The van der Waals surface area contributed by atoms with E-state index in [4.69, 9.17) is 5.26 Å². The molecule has 0 radical (unpaired) electrons. The van der Waals surface area contributed by atoms with Gasteiger partial charge in [0.25, 0.3) is 0 Å². The number of nitrogens with one attached hydrogen (secondary N) is 2. The summed E-state index contributed by atoms with van der Waals surface area (Å²) < 4.78 is 0. The molecule has 0 atom stereocenters. The van der Waals surface area contributed by atoms with E-state index in [0.29, 0.717) is 18.1 Å². The number of rotatable bonds is 4. The molecule has 0 amide bonds. The third kappa shape index (κ3) is 2.96. The average molecular weight is 341 g/mol. The zero-order valence-corrected chi connectivity index (χ0v) is 14.1. The van der Waals surface area contributed by atoms with E-state index in [1.54, 1.807) is 18.5 Å². The molecule has 0 aliphatic heterocycles. The van der Waals surface area contributed by atoms with Gasteiger partial charge in [-0.15, -0.1) is 0 Å². The van der Waals surface area contributed by atoms with Crippen LogP contribution < -0.4 is 5.32 Å². The van der Waals surface area contributed by atoms with Crippen LogP contribution in [0.2, 0.25) is 0 Å². The number of aromatic nitrogens is 5. The van der Waals surface area contributed by atoms with Crippen molar-refractivity contribution in [2.75, 3.05) is 5.32 Å². The second kappa shape index (κ2) is 6.61. The maximum absolute atomic E-state index is 9.00. The Morgan fingerprint density at radius 3 is 2.92 bits per heavy atom. The molecule has 0 fully saturated rings. The first-order valence-electron chi connectivity index (χ1n) is 8.10. The summed E-state index contributed by atoms with van der Waals surface area (Å²) in [5.41, 5.74) is 5.03. The van der Waals surface area contributed by atoms with Crippen LogP contribution in [0.3, 0.4) is 0 Å². The van der Waals surface area contributed by atoms with Gasteiger partial charge in [-0.05, 0) is 42.8 Å². The van der Waals surface area contributed by atoms with Gasteiger partial charge in [0, 0.05) is 23.3 Å². The summed E-state index contributed by atoms with van der Waals surface area (Å²) in [5.74, 6) is 0.520. The fraction of sp³-hybridized carbons (Fsp3) is 0.105. The van der Waals surface area contributed by atoms with E-state index in [0.717, 1.165) is 33.5 Å². The van der Waals surface area contributed by atoms with Crippen LogP contribution in [0.1, 0.15) is 16.8 Å². The van der Waals surface area contributed by atoms with E-state index >= 15 is 0 Å². The number of anilines is 1. The minimum Gasteiger partial charge on any atom is -0.348 e. The highest BCUT2D eigenvalue weighted by Crippen LogP contribution is 2.23. The molecule has 0 bridgehead atoms. The molecular weight excluding hydrogens is 326 g/mol. The van der Waals surface area contributed by atoms with Crippen molar-refractivity contribution < 1.29 is 0 Å². The quantitative estimate of drug-likeness (QED) is 0.591. The lowest BCUT2D eigenvalue weighted by Gasteiger charge is -2.08. The second-order valence-corrected chi connectivity index (χ2v) is 5.83. The number of H-pyrrole nitrogens is 1. The predicted molar refractivity (Wildman–Crippen MR) is 98.1 cm³/mol. The highest BCUT2D eigenvalue weighted by molar-refractivity contribution is 5.77. The van der Waals surface area contributed by atoms with Crippen molar-refractivity contribution in [3.63, 3.8) is 0 Å². The number of aromatic amines is 1. The molecule has 0 spiro atoms. The van der Waals surface area contributed by atoms with Gasteiger partial charge in [0.15, 0.2) is 5.65 Å². The first kappa shape index (κ1) is 15.7. The molecule has 7 nitrogen and oxygen atoms in total. The lowest BCUT2D eigenvalue weighted by molar-refractivity contribution is 0.970. The van der Waals surface area contributed by atoms with Crippen molar-refractivity contribution >= 4 is 17.0 Å². The van der Waals surface area contributed by atoms with E-state index in [1.165, 1.54) is 0 Å². The summed E-state index contributed by atoms with van der Waals surface area (Å²) in [5, 5.41) is 20.4. The standard InChI is InChI=1S/C19H15N7/c1-12-9-13(10-20)4-5-14(12)16-6-8-22-19(24-16)23-11-17-15-3-2-7-21-18(15)26-25-17/h2-9H,11H2,1H3,(H,21,25,26)(H,22,23,24). The van der Waals surface area contributed by atoms with Gasteiger partial charge in [0.2, 0.25) is 5.95 Å². The Bertz CT molecular complexity index is 1120. The number of benzene rings is 1. The van der Waals surface area contributed by atoms with Gasteiger partial charge in [0.05, 0.1) is 29.6 Å². The van der Waals surface area contributed by atoms with Crippen molar-refractivity contribution in [1.29, 1.82) is 5.26 Å². The zero-order valence-electron chi connectivity index (χ0n) is 14.1. The van der Waals surface area contributed by atoms with Gasteiger partial charge in [-0.25, -0.2) is 15.0 Å². The highest BCUT2D eigenvalue weighted by Gasteiger charge is 2.09. The number of fused-ring (bicyclic) bond motifs is 1. The molecule has 0 aliphatic rings. The zero-order chi connectivity index (χ0) is 17.9. The number of aryl methyl sites for hydroxylation is 1. The fourth-order valence-corrected chi connectivity index (χ4v) is 2.82. The summed E-state index contributed by atoms with van der Waals surface area (Å²) in [6.45, 7) is 2.45. The maximum atomic E-state index is 9.00. The van der Waals surface area contributed by atoms with Crippen LogP contribution in [-0.4, -0.2) is 25.1 Å². The monoisotopic (exact) mass is 341 g/mol. The molecule has 7 heteroatoms. The highest BCUT2D eigenvalue weighted by atomic mass is 15.2. The summed E-state index contributed by atoms with van der Waals surface area (Å²) in [7, 11) is 0. The van der Waals surface area contributed by atoms with Gasteiger partial charge in [-0.1, -0.05) is 6.07 Å². The maximum Gasteiger partial charge on any atom is 0.223 e. The molecule has 3 heterocycles. The third-order valence-corrected chi connectivity index (χ3v) is 4.12. The topological polar surface area (TPSA) is 103 Å². The Hall–Kier alpha value is -3.79. The van der Waals surface area contributed by atoms with E-state index in [1.807, 2.05) is 37.3 Å². The molecule has 1 aromatic carbocycles. The van der Waals surface area contributed by atoms with Gasteiger partial charge in [-0.3, -0.25) is 5.10 Å². The van der Waals surface area contributed by atoms with Crippen LogP contribution in [0, 0.1) is 18.3 Å². The smallest absolute Gasteiger partial charge is 0.223 e. The molecule has 0 aliphatic carbocycles. The Morgan fingerprint density at radius 2 is 2.08 bits per heavy atom. The van der Waals surface area contributed by atoms with Crippen LogP contribution in [-0.2, 0) is 6.54 Å². The van der Waals surface area contributed by atoms with Crippen LogP contribution >= 0.6 is 0 Å². The lowest BCUT2D eigenvalue weighted by Crippen LogP contribution is -2.05. The molecular formula is C19H15N7. The molecule has 3 aromatic heterocycles. The van der Waals surface area contributed by atoms with Crippen molar-refractivity contribution in [2.24, 2.45) is 0 Å². The predicted octanol–water partition coefficient (Wildman–Crippen LogP) is 3.21. The summed E-state index contributed by atoms with van der Waals surface area (Å²) in [6.07, 6.45) is 3.44. The van der Waals surface area contributed by atoms with Gasteiger partial charge >= 0.3 is 0 Å². The van der Waals surface area contributed by atoms with Crippen LogP contribution in [0.25, 0.3) is 22.3 Å². The van der Waals surface area contributed by atoms with E-state index in [9.17, 15) is 0 Å². The summed E-state index contributed by atoms with van der Waals surface area (Å²) >= 11 is 0. The minimum atomic E-state index is 0.488. The largest absolute Gasteiger partial charge is 0.348 e. The lowest BCUT2D eigenvalue weighted by atomic mass is 10.0. The molecule has 126 valence electrons. The van der Waals surface area contributed by atoms with Crippen LogP contribution in [0.4, 0.5) is 5.95 Å². The van der Waals surface area contributed by atoms with Gasteiger partial charge < -0.3 is 5.32 Å². The Morgan fingerprint density at radius 1 is 1.15 bits per heavy atom. The number of pyridine rings is 1. The van der Waals surface area contributed by atoms with Crippen LogP contribution in [0.5, 0.6) is 0 Å². The van der Waals surface area contributed by atoms with Crippen LogP contribution in [0.15, 0.2) is 48.8 Å². The van der Waals surface area contributed by atoms with Crippen molar-refractivity contribution in [2.45, 2.75) is 13.5 Å². The summed E-state index contributed by atoms with van der Waals surface area (Å²) in [4.78, 5) is 13.1. The van der Waals surface area contributed by atoms with Crippen molar-refractivity contribution in [3.05, 3.63) is 65.6 Å². The first-order chi connectivity index (χ1) is 12.7. The minimum absolute atomic E-state index is 0.488. The Labute approximate surface area is 149 Å². The van der Waals surface area contributed by atoms with Crippen molar-refractivity contribution in [3.8, 4) is 17.3 Å². The fourth-order valence-electron chi connectivity index (χ4n) is 2.82. The number of hydrogen-bond donors (Lipinski definition) is 2. The first-order valence-corrected chi connectivity index (χ1v) is 8.10.